The molecule has 3 rings (SSSR count). The van der Waals surface area contributed by atoms with Gasteiger partial charge >= 0.3 is 0 Å². The van der Waals surface area contributed by atoms with E-state index in [4.69, 9.17) is 0 Å². The molecule has 0 amide bonds. The van der Waals surface area contributed by atoms with Gasteiger partial charge in [0, 0.05) is 24.3 Å². The quantitative estimate of drug-likeness (QED) is 0.621. The second kappa shape index (κ2) is 4.34. The number of aromatic amines is 2. The molecule has 3 N–H and O–H groups in total. The zero-order chi connectivity index (χ0) is 11.5. The molecule has 0 aliphatic heterocycles. The number of fused-ring (bicyclic) bond motifs is 1. The molecule has 17 heavy (non-hydrogen) atoms. The second-order valence-corrected chi connectivity index (χ2v) is 3.75. The first-order valence-electron chi connectivity index (χ1n) is 5.39. The Morgan fingerprint density at radius 3 is 3.12 bits per heavy atom. The minimum Gasteiger partial charge on any atom is -0.346 e. The molecular weight excluding hydrogens is 216 g/mol. The number of nitrogens with one attached hydrogen (secondary N) is 3. The Kier molecular flexibility index (Phi) is 2.55. The summed E-state index contributed by atoms with van der Waals surface area (Å²) in [5, 5.41) is 11.1. The van der Waals surface area contributed by atoms with Crippen LogP contribution in [0.25, 0.3) is 11.0 Å². The summed E-state index contributed by atoms with van der Waals surface area (Å²) >= 11 is 0. The Morgan fingerprint density at radius 1 is 1.24 bits per heavy atom. The van der Waals surface area contributed by atoms with E-state index in [9.17, 15) is 0 Å². The maximum Gasteiger partial charge on any atom is 0.138 e. The summed E-state index contributed by atoms with van der Waals surface area (Å²) in [4.78, 5) is 11.4. The van der Waals surface area contributed by atoms with Crippen molar-refractivity contribution in [1.29, 1.82) is 0 Å². The third-order valence-electron chi connectivity index (χ3n) is 2.61. The molecule has 0 saturated carbocycles. The van der Waals surface area contributed by atoms with E-state index >= 15 is 0 Å². The summed E-state index contributed by atoms with van der Waals surface area (Å²) < 4.78 is 0. The molecule has 0 atom stereocenters. The fraction of sp³-hybridized carbons (Fsp3) is 0.182. The predicted molar refractivity (Wildman–Crippen MR) is 63.0 cm³/mol. The van der Waals surface area contributed by atoms with Crippen LogP contribution in [-0.4, -0.2) is 25.1 Å². The van der Waals surface area contributed by atoms with Crippen molar-refractivity contribution in [2.75, 3.05) is 0 Å². The van der Waals surface area contributed by atoms with Gasteiger partial charge in [-0.15, -0.1) is 0 Å². The van der Waals surface area contributed by atoms with Crippen molar-refractivity contribution < 1.29 is 0 Å². The van der Waals surface area contributed by atoms with Crippen LogP contribution < -0.4 is 5.32 Å². The SMILES string of the molecule is c1cnc2[nH]cc(CNCc3ncn[nH]3)c2c1. The molecule has 0 aromatic carbocycles. The van der Waals surface area contributed by atoms with E-state index in [0.29, 0.717) is 6.54 Å². The average molecular weight is 228 g/mol. The first-order valence-corrected chi connectivity index (χ1v) is 5.39. The van der Waals surface area contributed by atoms with Gasteiger partial charge in [-0.1, -0.05) is 0 Å². The summed E-state index contributed by atoms with van der Waals surface area (Å²) in [5.74, 6) is 0.836. The molecule has 6 nitrogen and oxygen atoms in total. The maximum absolute atomic E-state index is 4.25. The highest BCUT2D eigenvalue weighted by atomic mass is 15.2. The molecule has 0 fully saturated rings. The number of aromatic nitrogens is 5. The Labute approximate surface area is 97.5 Å². The number of H-pyrrole nitrogens is 2. The van der Waals surface area contributed by atoms with Gasteiger partial charge < -0.3 is 10.3 Å². The molecule has 0 aliphatic rings. The number of nitrogens with zero attached hydrogens (tertiary/aromatic N) is 3. The standard InChI is InChI=1S/C11H12N6/c1-2-9-8(5-14-11(9)13-3-1)4-12-6-10-15-7-16-17-10/h1-3,5,7,12H,4,6H2,(H,13,14)(H,15,16,17). The molecule has 3 aromatic heterocycles. The highest BCUT2D eigenvalue weighted by Gasteiger charge is 2.03. The van der Waals surface area contributed by atoms with E-state index in [-0.39, 0.29) is 0 Å². The van der Waals surface area contributed by atoms with Gasteiger partial charge in [0.1, 0.15) is 17.8 Å². The summed E-state index contributed by atoms with van der Waals surface area (Å²) in [6, 6.07) is 4.00. The van der Waals surface area contributed by atoms with Crippen molar-refractivity contribution in [1.82, 2.24) is 30.5 Å². The van der Waals surface area contributed by atoms with Crippen molar-refractivity contribution >= 4 is 11.0 Å². The molecule has 0 aliphatic carbocycles. The zero-order valence-electron chi connectivity index (χ0n) is 9.14. The predicted octanol–water partition coefficient (Wildman–Crippen LogP) is 0.971. The average Bonchev–Trinajstić information content (AvgIpc) is 2.99. The lowest BCUT2D eigenvalue weighted by molar-refractivity contribution is 0.667. The Morgan fingerprint density at radius 2 is 2.24 bits per heavy atom. The summed E-state index contributed by atoms with van der Waals surface area (Å²) in [6.45, 7) is 1.44. The van der Waals surface area contributed by atoms with Crippen molar-refractivity contribution in [3.8, 4) is 0 Å². The van der Waals surface area contributed by atoms with Gasteiger partial charge in [-0.25, -0.2) is 9.97 Å². The van der Waals surface area contributed by atoms with Crippen molar-refractivity contribution in [3.05, 3.63) is 42.2 Å². The zero-order valence-corrected chi connectivity index (χ0v) is 9.14. The number of pyridine rings is 1. The normalized spacial score (nSPS) is 11.1. The number of hydrogen-bond donors (Lipinski definition) is 3. The van der Waals surface area contributed by atoms with Crippen molar-refractivity contribution in [3.63, 3.8) is 0 Å². The van der Waals surface area contributed by atoms with Gasteiger partial charge in [0.2, 0.25) is 0 Å². The minimum absolute atomic E-state index is 0.674. The van der Waals surface area contributed by atoms with Gasteiger partial charge in [-0.3, -0.25) is 5.10 Å². The van der Waals surface area contributed by atoms with Gasteiger partial charge in [0.25, 0.3) is 0 Å². The van der Waals surface area contributed by atoms with E-state index in [2.05, 4.69) is 36.5 Å². The summed E-state index contributed by atoms with van der Waals surface area (Å²) in [7, 11) is 0. The fourth-order valence-electron chi connectivity index (χ4n) is 1.79. The Balaban J connectivity index is 1.69. The van der Waals surface area contributed by atoms with Crippen LogP contribution in [0.2, 0.25) is 0 Å². The van der Waals surface area contributed by atoms with E-state index < -0.39 is 0 Å². The lowest BCUT2D eigenvalue weighted by atomic mass is 10.2. The van der Waals surface area contributed by atoms with Gasteiger partial charge in [0.15, 0.2) is 0 Å². The van der Waals surface area contributed by atoms with Crippen LogP contribution in [0, 0.1) is 0 Å². The third kappa shape index (κ3) is 2.02. The van der Waals surface area contributed by atoms with Crippen LogP contribution in [0.4, 0.5) is 0 Å². The molecule has 0 bridgehead atoms. The third-order valence-corrected chi connectivity index (χ3v) is 2.61. The van der Waals surface area contributed by atoms with Crippen LogP contribution in [0.1, 0.15) is 11.4 Å². The van der Waals surface area contributed by atoms with Gasteiger partial charge in [-0.2, -0.15) is 5.10 Å². The first kappa shape index (κ1) is 9.98. The van der Waals surface area contributed by atoms with Crippen LogP contribution in [0.5, 0.6) is 0 Å². The lowest BCUT2D eigenvalue weighted by Gasteiger charge is -2.00. The van der Waals surface area contributed by atoms with Crippen LogP contribution in [0.3, 0.4) is 0 Å². The summed E-state index contributed by atoms with van der Waals surface area (Å²) in [6.07, 6.45) is 5.27. The highest BCUT2D eigenvalue weighted by Crippen LogP contribution is 2.14. The summed E-state index contributed by atoms with van der Waals surface area (Å²) in [5.41, 5.74) is 2.12. The highest BCUT2D eigenvalue weighted by molar-refractivity contribution is 5.79. The second-order valence-electron chi connectivity index (χ2n) is 3.75. The Bertz CT molecular complexity index is 597. The van der Waals surface area contributed by atoms with Crippen LogP contribution in [-0.2, 0) is 13.1 Å². The first-order chi connectivity index (χ1) is 8.43. The lowest BCUT2D eigenvalue weighted by Crippen LogP contribution is -2.13. The maximum atomic E-state index is 4.25. The van der Waals surface area contributed by atoms with Gasteiger partial charge in [-0.05, 0) is 17.7 Å². The molecule has 86 valence electrons. The topological polar surface area (TPSA) is 82.3 Å². The van der Waals surface area contributed by atoms with Crippen molar-refractivity contribution in [2.24, 2.45) is 0 Å². The fourth-order valence-corrected chi connectivity index (χ4v) is 1.79. The number of hydrogen-bond acceptors (Lipinski definition) is 4. The largest absolute Gasteiger partial charge is 0.346 e. The van der Waals surface area contributed by atoms with E-state index in [1.807, 2.05) is 12.3 Å². The van der Waals surface area contributed by atoms with Crippen LogP contribution in [0.15, 0.2) is 30.9 Å². The molecule has 6 heteroatoms. The van der Waals surface area contributed by atoms with Gasteiger partial charge in [0.05, 0.1) is 6.54 Å². The number of rotatable bonds is 4. The van der Waals surface area contributed by atoms with E-state index in [1.54, 1.807) is 6.20 Å². The Hall–Kier alpha value is -2.21. The molecular formula is C11H12N6. The van der Waals surface area contributed by atoms with Crippen molar-refractivity contribution in [2.45, 2.75) is 13.1 Å². The minimum atomic E-state index is 0.674. The molecule has 3 heterocycles. The van der Waals surface area contributed by atoms with E-state index in [0.717, 1.165) is 23.4 Å². The monoisotopic (exact) mass is 228 g/mol. The smallest absolute Gasteiger partial charge is 0.138 e. The molecule has 3 aromatic rings. The van der Waals surface area contributed by atoms with E-state index in [1.165, 1.54) is 11.9 Å². The molecule has 0 saturated heterocycles. The van der Waals surface area contributed by atoms with Crippen LogP contribution >= 0.6 is 0 Å². The molecule has 0 spiro atoms. The molecule has 0 unspecified atom stereocenters. The molecule has 0 radical (unpaired) electrons.